The molecule has 0 radical (unpaired) electrons. The Labute approximate surface area is 157 Å². The average Bonchev–Trinajstić information content (AvgIpc) is 3.16. The highest BCUT2D eigenvalue weighted by Crippen LogP contribution is 2.34. The minimum absolute atomic E-state index is 0.000418. The summed E-state index contributed by atoms with van der Waals surface area (Å²) in [6.45, 7) is 1.59. The first-order chi connectivity index (χ1) is 13.1. The third-order valence-corrected chi connectivity index (χ3v) is 4.69. The van der Waals surface area contributed by atoms with E-state index in [2.05, 4.69) is 10.1 Å². The van der Waals surface area contributed by atoms with Gasteiger partial charge in [-0.15, -0.1) is 0 Å². The summed E-state index contributed by atoms with van der Waals surface area (Å²) < 4.78 is 41.5. The van der Waals surface area contributed by atoms with Crippen molar-refractivity contribution in [3.63, 3.8) is 0 Å². The van der Waals surface area contributed by atoms with Crippen LogP contribution in [0.4, 0.5) is 8.78 Å². The van der Waals surface area contributed by atoms with Crippen LogP contribution in [-0.2, 0) is 21.9 Å². The topological polar surface area (TPSA) is 75.2 Å². The van der Waals surface area contributed by atoms with Gasteiger partial charge in [-0.1, -0.05) is 30.3 Å². The average molecular weight is 380 g/mol. The van der Waals surface area contributed by atoms with E-state index >= 15 is 0 Å². The van der Waals surface area contributed by atoms with E-state index in [0.29, 0.717) is 19.0 Å². The fourth-order valence-electron chi connectivity index (χ4n) is 3.14. The predicted octanol–water partition coefficient (Wildman–Crippen LogP) is 3.39. The standard InChI is InChI=1S/C19H26F2N4O2/c20-19(21,15-6-2-1-3-7-15)10-9-16(22)18-23-14-24-25(18)11-13-27-17-8-4-5-12-26-17/h1-3,6-7,14,16-17H,4-5,8-13,22H2. The molecule has 6 nitrogen and oxygen atoms in total. The van der Waals surface area contributed by atoms with Crippen molar-refractivity contribution in [3.05, 3.63) is 48.0 Å². The molecule has 0 saturated carbocycles. The van der Waals surface area contributed by atoms with Crippen molar-refractivity contribution in [3.8, 4) is 0 Å². The molecule has 1 aromatic heterocycles. The molecular formula is C19H26F2N4O2. The van der Waals surface area contributed by atoms with Gasteiger partial charge in [-0.25, -0.2) is 18.4 Å². The maximum Gasteiger partial charge on any atom is 0.273 e. The third kappa shape index (κ3) is 5.54. The normalized spacial score (nSPS) is 19.1. The first-order valence-electron chi connectivity index (χ1n) is 9.36. The Hall–Kier alpha value is -1.90. The Balaban J connectivity index is 1.50. The molecule has 2 aromatic rings. The summed E-state index contributed by atoms with van der Waals surface area (Å²) in [5.41, 5.74) is 6.12. The van der Waals surface area contributed by atoms with Crippen molar-refractivity contribution in [1.29, 1.82) is 0 Å². The Morgan fingerprint density at radius 2 is 2.11 bits per heavy atom. The van der Waals surface area contributed by atoms with E-state index in [1.807, 2.05) is 0 Å². The van der Waals surface area contributed by atoms with Gasteiger partial charge in [-0.2, -0.15) is 5.10 Å². The van der Waals surface area contributed by atoms with E-state index < -0.39 is 12.0 Å². The highest BCUT2D eigenvalue weighted by Gasteiger charge is 2.32. The van der Waals surface area contributed by atoms with Gasteiger partial charge in [0.2, 0.25) is 0 Å². The van der Waals surface area contributed by atoms with Crippen LogP contribution in [-0.4, -0.2) is 34.3 Å². The van der Waals surface area contributed by atoms with Gasteiger partial charge in [0.05, 0.1) is 19.2 Å². The lowest BCUT2D eigenvalue weighted by Crippen LogP contribution is -2.25. The van der Waals surface area contributed by atoms with Crippen LogP contribution < -0.4 is 5.73 Å². The number of halogens is 2. The van der Waals surface area contributed by atoms with Crippen LogP contribution in [0.3, 0.4) is 0 Å². The smallest absolute Gasteiger partial charge is 0.273 e. The second-order valence-electron chi connectivity index (χ2n) is 6.72. The van der Waals surface area contributed by atoms with Gasteiger partial charge in [0.25, 0.3) is 5.92 Å². The highest BCUT2D eigenvalue weighted by molar-refractivity contribution is 5.19. The van der Waals surface area contributed by atoms with Crippen LogP contribution >= 0.6 is 0 Å². The molecule has 0 aliphatic carbocycles. The fraction of sp³-hybridized carbons (Fsp3) is 0.579. The van der Waals surface area contributed by atoms with E-state index in [4.69, 9.17) is 15.2 Å². The molecule has 1 aliphatic rings. The molecule has 2 N–H and O–H groups in total. The summed E-state index contributed by atoms with van der Waals surface area (Å²) in [7, 11) is 0. The Bertz CT molecular complexity index is 690. The lowest BCUT2D eigenvalue weighted by atomic mass is 10.0. The van der Waals surface area contributed by atoms with E-state index in [1.165, 1.54) is 18.5 Å². The van der Waals surface area contributed by atoms with E-state index in [-0.39, 0.29) is 24.7 Å². The van der Waals surface area contributed by atoms with E-state index in [9.17, 15) is 8.78 Å². The molecule has 2 atom stereocenters. The molecule has 1 fully saturated rings. The molecule has 2 unspecified atom stereocenters. The van der Waals surface area contributed by atoms with Crippen molar-refractivity contribution < 1.29 is 18.3 Å². The molecule has 0 amide bonds. The quantitative estimate of drug-likeness (QED) is 0.722. The second-order valence-corrected chi connectivity index (χ2v) is 6.72. The molecule has 148 valence electrons. The molecule has 3 rings (SSSR count). The number of aromatic nitrogens is 3. The van der Waals surface area contributed by atoms with Crippen molar-refractivity contribution in [2.24, 2.45) is 5.73 Å². The summed E-state index contributed by atoms with van der Waals surface area (Å²) in [5, 5.41) is 4.14. The number of hydrogen-bond acceptors (Lipinski definition) is 5. The predicted molar refractivity (Wildman–Crippen MR) is 96.1 cm³/mol. The third-order valence-electron chi connectivity index (χ3n) is 4.69. The Kier molecular flexibility index (Phi) is 6.87. The minimum Gasteiger partial charge on any atom is -0.353 e. The number of benzene rings is 1. The zero-order valence-electron chi connectivity index (χ0n) is 15.3. The summed E-state index contributed by atoms with van der Waals surface area (Å²) in [5.74, 6) is -2.43. The van der Waals surface area contributed by atoms with Gasteiger partial charge < -0.3 is 15.2 Å². The molecule has 0 bridgehead atoms. The summed E-state index contributed by atoms with van der Waals surface area (Å²) >= 11 is 0. The zero-order valence-corrected chi connectivity index (χ0v) is 15.3. The number of alkyl halides is 2. The molecule has 1 aliphatic heterocycles. The maximum atomic E-state index is 14.3. The van der Waals surface area contributed by atoms with Gasteiger partial charge in [-0.05, 0) is 25.7 Å². The number of nitrogens with two attached hydrogens (primary N) is 1. The van der Waals surface area contributed by atoms with Crippen LogP contribution in [0.15, 0.2) is 36.7 Å². The summed E-state index contributed by atoms with van der Waals surface area (Å²) in [6, 6.07) is 7.17. The molecule has 2 heterocycles. The van der Waals surface area contributed by atoms with Gasteiger partial charge in [-0.3, -0.25) is 0 Å². The van der Waals surface area contributed by atoms with Crippen molar-refractivity contribution >= 4 is 0 Å². The SMILES string of the molecule is NC(CCC(F)(F)c1ccccc1)c1ncnn1CCOC1CCCCO1. The monoisotopic (exact) mass is 380 g/mol. The molecule has 8 heteroatoms. The van der Waals surface area contributed by atoms with Gasteiger partial charge in [0.15, 0.2) is 6.29 Å². The van der Waals surface area contributed by atoms with Crippen molar-refractivity contribution in [1.82, 2.24) is 14.8 Å². The van der Waals surface area contributed by atoms with Crippen molar-refractivity contribution in [2.45, 2.75) is 56.9 Å². The fourth-order valence-corrected chi connectivity index (χ4v) is 3.14. The first-order valence-corrected chi connectivity index (χ1v) is 9.36. The Morgan fingerprint density at radius 1 is 1.30 bits per heavy atom. The van der Waals surface area contributed by atoms with Crippen LogP contribution in [0.25, 0.3) is 0 Å². The molecular weight excluding hydrogens is 354 g/mol. The number of rotatable bonds is 9. The Morgan fingerprint density at radius 3 is 2.85 bits per heavy atom. The second kappa shape index (κ2) is 9.34. The van der Waals surface area contributed by atoms with Gasteiger partial charge >= 0.3 is 0 Å². The van der Waals surface area contributed by atoms with Gasteiger partial charge in [0.1, 0.15) is 12.2 Å². The zero-order chi connectivity index (χ0) is 19.1. The van der Waals surface area contributed by atoms with Crippen LogP contribution in [0.5, 0.6) is 0 Å². The number of hydrogen-bond donors (Lipinski definition) is 1. The minimum atomic E-state index is -2.93. The van der Waals surface area contributed by atoms with Gasteiger partial charge in [0, 0.05) is 18.6 Å². The lowest BCUT2D eigenvalue weighted by Gasteiger charge is -2.23. The van der Waals surface area contributed by atoms with Crippen LogP contribution in [0, 0.1) is 0 Å². The highest BCUT2D eigenvalue weighted by atomic mass is 19.3. The number of ether oxygens (including phenoxy) is 2. The van der Waals surface area contributed by atoms with Crippen LogP contribution in [0.1, 0.15) is 49.5 Å². The van der Waals surface area contributed by atoms with Crippen molar-refractivity contribution in [2.75, 3.05) is 13.2 Å². The number of nitrogens with zero attached hydrogens (tertiary/aromatic N) is 3. The molecule has 27 heavy (non-hydrogen) atoms. The molecule has 1 saturated heterocycles. The lowest BCUT2D eigenvalue weighted by molar-refractivity contribution is -0.163. The largest absolute Gasteiger partial charge is 0.353 e. The summed E-state index contributed by atoms with van der Waals surface area (Å²) in [6.07, 6.45) is 4.02. The molecule has 0 spiro atoms. The van der Waals surface area contributed by atoms with E-state index in [0.717, 1.165) is 25.9 Å². The summed E-state index contributed by atoms with van der Waals surface area (Å²) in [4.78, 5) is 4.15. The van der Waals surface area contributed by atoms with E-state index in [1.54, 1.807) is 22.9 Å². The van der Waals surface area contributed by atoms with Crippen LogP contribution in [0.2, 0.25) is 0 Å². The first kappa shape index (κ1) is 19.9. The molecule has 1 aromatic carbocycles. The maximum absolute atomic E-state index is 14.3.